The van der Waals surface area contributed by atoms with Crippen molar-refractivity contribution in [1.29, 1.82) is 0 Å². The van der Waals surface area contributed by atoms with Crippen molar-refractivity contribution in [2.45, 2.75) is 38.9 Å². The van der Waals surface area contributed by atoms with E-state index in [-0.39, 0.29) is 0 Å². The van der Waals surface area contributed by atoms with Crippen molar-refractivity contribution in [1.82, 2.24) is 0 Å². The molecule has 0 heterocycles. The summed E-state index contributed by atoms with van der Waals surface area (Å²) in [6.07, 6.45) is -0.175. The third-order valence-electron chi connectivity index (χ3n) is 2.49. The number of benzene rings is 1. The zero-order valence-electron chi connectivity index (χ0n) is 9.89. The second kappa shape index (κ2) is 6.51. The predicted octanol–water partition coefficient (Wildman–Crippen LogP) is 2.28. The van der Waals surface area contributed by atoms with E-state index in [4.69, 9.17) is 4.74 Å². The number of hydrogen-bond donors (Lipinski definition) is 2. The summed E-state index contributed by atoms with van der Waals surface area (Å²) < 4.78 is 5.42. The number of aliphatic hydroxyl groups excluding tert-OH is 2. The molecule has 2 unspecified atom stereocenters. The molecule has 0 saturated heterocycles. The molecule has 2 atom stereocenters. The summed E-state index contributed by atoms with van der Waals surface area (Å²) in [4.78, 5) is 0. The van der Waals surface area contributed by atoms with E-state index in [2.05, 4.69) is 0 Å². The molecule has 1 aromatic carbocycles. The molecule has 0 saturated carbocycles. The van der Waals surface area contributed by atoms with Crippen LogP contribution in [0.4, 0.5) is 0 Å². The third kappa shape index (κ3) is 3.22. The predicted molar refractivity (Wildman–Crippen MR) is 63.5 cm³/mol. The van der Waals surface area contributed by atoms with Gasteiger partial charge in [-0.15, -0.1) is 0 Å². The van der Waals surface area contributed by atoms with E-state index in [1.165, 1.54) is 0 Å². The van der Waals surface area contributed by atoms with Crippen LogP contribution in [0, 0.1) is 0 Å². The molecule has 1 aromatic rings. The molecule has 1 rings (SSSR count). The molecule has 0 bridgehead atoms. The van der Waals surface area contributed by atoms with Crippen LogP contribution in [0.5, 0.6) is 5.75 Å². The summed E-state index contributed by atoms with van der Waals surface area (Å²) in [5, 5.41) is 19.8. The first-order chi connectivity index (χ1) is 7.70. The average Bonchev–Trinajstić information content (AvgIpc) is 2.29. The van der Waals surface area contributed by atoms with Gasteiger partial charge in [0.1, 0.15) is 11.9 Å². The topological polar surface area (TPSA) is 49.7 Å². The van der Waals surface area contributed by atoms with Crippen molar-refractivity contribution < 1.29 is 14.9 Å². The van der Waals surface area contributed by atoms with E-state index >= 15 is 0 Å². The first-order valence-electron chi connectivity index (χ1n) is 5.78. The van der Waals surface area contributed by atoms with Gasteiger partial charge in [0.05, 0.1) is 12.7 Å². The maximum atomic E-state index is 10.00. The first-order valence-corrected chi connectivity index (χ1v) is 5.78. The SMILES string of the molecule is CCCC(O)C(O)c1ccccc1OCC. The highest BCUT2D eigenvalue weighted by Gasteiger charge is 2.20. The van der Waals surface area contributed by atoms with Crippen LogP contribution in [0.2, 0.25) is 0 Å². The molecule has 0 radical (unpaired) electrons. The molecule has 3 heteroatoms. The van der Waals surface area contributed by atoms with Gasteiger partial charge in [0.15, 0.2) is 0 Å². The van der Waals surface area contributed by atoms with Gasteiger partial charge in [-0.3, -0.25) is 0 Å². The van der Waals surface area contributed by atoms with E-state index in [9.17, 15) is 10.2 Å². The Morgan fingerprint density at radius 2 is 1.88 bits per heavy atom. The van der Waals surface area contributed by atoms with Gasteiger partial charge in [-0.1, -0.05) is 31.5 Å². The van der Waals surface area contributed by atoms with Gasteiger partial charge < -0.3 is 14.9 Å². The second-order valence-electron chi connectivity index (χ2n) is 3.77. The first kappa shape index (κ1) is 13.0. The molecule has 0 spiro atoms. The summed E-state index contributed by atoms with van der Waals surface area (Å²) in [5.74, 6) is 0.646. The van der Waals surface area contributed by atoms with Gasteiger partial charge in [-0.2, -0.15) is 0 Å². The lowest BCUT2D eigenvalue weighted by atomic mass is 10.0. The van der Waals surface area contributed by atoms with Crippen LogP contribution in [-0.4, -0.2) is 22.9 Å². The zero-order chi connectivity index (χ0) is 12.0. The number of aliphatic hydroxyl groups is 2. The Hall–Kier alpha value is -1.06. The monoisotopic (exact) mass is 224 g/mol. The maximum absolute atomic E-state index is 10.00. The van der Waals surface area contributed by atoms with Crippen molar-refractivity contribution in [2.75, 3.05) is 6.61 Å². The van der Waals surface area contributed by atoms with Gasteiger partial charge in [0.25, 0.3) is 0 Å². The molecule has 3 nitrogen and oxygen atoms in total. The highest BCUT2D eigenvalue weighted by Crippen LogP contribution is 2.28. The number of ether oxygens (including phenoxy) is 1. The Morgan fingerprint density at radius 1 is 1.19 bits per heavy atom. The van der Waals surface area contributed by atoms with Crippen molar-refractivity contribution >= 4 is 0 Å². The molecule has 0 amide bonds. The van der Waals surface area contributed by atoms with Crippen LogP contribution in [0.3, 0.4) is 0 Å². The molecule has 0 aliphatic heterocycles. The fourth-order valence-electron chi connectivity index (χ4n) is 1.67. The largest absolute Gasteiger partial charge is 0.493 e. The summed E-state index contributed by atoms with van der Waals surface area (Å²) in [6, 6.07) is 7.28. The normalized spacial score (nSPS) is 14.5. The van der Waals surface area contributed by atoms with E-state index in [0.29, 0.717) is 24.3 Å². The minimum Gasteiger partial charge on any atom is -0.493 e. The molecule has 0 fully saturated rings. The van der Waals surface area contributed by atoms with Gasteiger partial charge >= 0.3 is 0 Å². The number of rotatable bonds is 6. The Balaban J connectivity index is 2.84. The Kier molecular flexibility index (Phi) is 5.29. The summed E-state index contributed by atoms with van der Waals surface area (Å²) in [7, 11) is 0. The average molecular weight is 224 g/mol. The maximum Gasteiger partial charge on any atom is 0.125 e. The molecule has 0 aromatic heterocycles. The van der Waals surface area contributed by atoms with E-state index in [0.717, 1.165) is 6.42 Å². The van der Waals surface area contributed by atoms with Gasteiger partial charge in [0, 0.05) is 5.56 Å². The fraction of sp³-hybridized carbons (Fsp3) is 0.538. The third-order valence-corrected chi connectivity index (χ3v) is 2.49. The lowest BCUT2D eigenvalue weighted by Crippen LogP contribution is -2.18. The van der Waals surface area contributed by atoms with Crippen LogP contribution >= 0.6 is 0 Å². The number of hydrogen-bond acceptors (Lipinski definition) is 3. The Labute approximate surface area is 96.7 Å². The lowest BCUT2D eigenvalue weighted by molar-refractivity contribution is 0.0115. The van der Waals surface area contributed by atoms with Crippen LogP contribution < -0.4 is 4.74 Å². The Bertz CT molecular complexity index is 312. The van der Waals surface area contributed by atoms with E-state index in [1.807, 2.05) is 26.0 Å². The van der Waals surface area contributed by atoms with Crippen LogP contribution in [0.1, 0.15) is 38.4 Å². The molecule has 2 N–H and O–H groups in total. The van der Waals surface area contributed by atoms with E-state index < -0.39 is 12.2 Å². The molecular formula is C13H20O3. The summed E-state index contributed by atoms with van der Waals surface area (Å²) in [5.41, 5.74) is 0.658. The summed E-state index contributed by atoms with van der Waals surface area (Å²) >= 11 is 0. The van der Waals surface area contributed by atoms with Crippen molar-refractivity contribution in [3.8, 4) is 5.75 Å². The molecule has 0 aliphatic rings. The second-order valence-corrected chi connectivity index (χ2v) is 3.77. The smallest absolute Gasteiger partial charge is 0.125 e. The highest BCUT2D eigenvalue weighted by molar-refractivity contribution is 5.35. The summed E-state index contributed by atoms with van der Waals surface area (Å²) in [6.45, 7) is 4.42. The molecule has 16 heavy (non-hydrogen) atoms. The van der Waals surface area contributed by atoms with Crippen LogP contribution in [0.15, 0.2) is 24.3 Å². The minimum atomic E-state index is -0.873. The van der Waals surface area contributed by atoms with Crippen molar-refractivity contribution in [3.05, 3.63) is 29.8 Å². The standard InChI is InChI=1S/C13H20O3/c1-3-7-11(14)13(15)10-8-5-6-9-12(10)16-4-2/h5-6,8-9,11,13-15H,3-4,7H2,1-2H3. The van der Waals surface area contributed by atoms with Gasteiger partial charge in [-0.05, 0) is 19.4 Å². The quantitative estimate of drug-likeness (QED) is 0.779. The highest BCUT2D eigenvalue weighted by atomic mass is 16.5. The van der Waals surface area contributed by atoms with Crippen LogP contribution in [0.25, 0.3) is 0 Å². The van der Waals surface area contributed by atoms with Gasteiger partial charge in [0.2, 0.25) is 0 Å². The molecular weight excluding hydrogens is 204 g/mol. The van der Waals surface area contributed by atoms with Crippen LogP contribution in [-0.2, 0) is 0 Å². The zero-order valence-corrected chi connectivity index (χ0v) is 9.89. The molecule has 0 aliphatic carbocycles. The molecule has 90 valence electrons. The minimum absolute atomic E-state index is 0.549. The van der Waals surface area contributed by atoms with Crippen molar-refractivity contribution in [2.24, 2.45) is 0 Å². The van der Waals surface area contributed by atoms with Crippen molar-refractivity contribution in [3.63, 3.8) is 0 Å². The Morgan fingerprint density at radius 3 is 2.50 bits per heavy atom. The van der Waals surface area contributed by atoms with E-state index in [1.54, 1.807) is 12.1 Å². The lowest BCUT2D eigenvalue weighted by Gasteiger charge is -2.20. The van der Waals surface area contributed by atoms with Gasteiger partial charge in [-0.25, -0.2) is 0 Å². The fourth-order valence-corrected chi connectivity index (χ4v) is 1.67. The number of para-hydroxylation sites is 1.